The molecule has 0 bridgehead atoms. The van der Waals surface area contributed by atoms with Crippen LogP contribution in [0.15, 0.2) is 16.6 Å². The maximum atomic E-state index is 14.0. The first-order valence-electron chi connectivity index (χ1n) is 6.50. The maximum absolute atomic E-state index is 14.0. The zero-order valence-electron chi connectivity index (χ0n) is 11.3. The van der Waals surface area contributed by atoms with E-state index in [1.54, 1.807) is 10.7 Å². The highest BCUT2D eigenvalue weighted by Gasteiger charge is 2.27. The van der Waals surface area contributed by atoms with Crippen molar-refractivity contribution < 1.29 is 4.39 Å². The number of aromatic nitrogens is 4. The Balaban J connectivity index is 1.89. The molecule has 0 N–H and O–H groups in total. The van der Waals surface area contributed by atoms with E-state index in [0.29, 0.717) is 6.54 Å². The molecule has 5 nitrogen and oxygen atoms in total. The van der Waals surface area contributed by atoms with Crippen molar-refractivity contribution in [1.82, 2.24) is 25.1 Å². The lowest BCUT2D eigenvalue weighted by Crippen LogP contribution is -2.34. The quantitative estimate of drug-likeness (QED) is 0.841. The first-order valence-corrected chi connectivity index (χ1v) is 7.29. The molecule has 0 saturated heterocycles. The molecule has 2 heterocycles. The molecular formula is C13H15BrFN5. The molecule has 20 heavy (non-hydrogen) atoms. The Hall–Kier alpha value is -1.34. The third-order valence-corrected chi connectivity index (χ3v) is 4.64. The zero-order chi connectivity index (χ0) is 14.3. The molecule has 1 aromatic heterocycles. The predicted molar refractivity (Wildman–Crippen MR) is 75.4 cm³/mol. The van der Waals surface area contributed by atoms with Gasteiger partial charge in [-0.25, -0.2) is 9.07 Å². The van der Waals surface area contributed by atoms with Gasteiger partial charge in [0.2, 0.25) is 0 Å². The number of aryl methyl sites for hydroxylation is 1. The highest BCUT2D eigenvalue weighted by atomic mass is 79.9. The Labute approximate surface area is 124 Å². The van der Waals surface area contributed by atoms with E-state index < -0.39 is 0 Å². The van der Waals surface area contributed by atoms with Gasteiger partial charge in [-0.15, -0.1) is 5.10 Å². The molecule has 1 atom stereocenters. The van der Waals surface area contributed by atoms with E-state index in [4.69, 9.17) is 0 Å². The summed E-state index contributed by atoms with van der Waals surface area (Å²) in [7, 11) is 1.82. The average Bonchev–Trinajstić information content (AvgIpc) is 2.88. The van der Waals surface area contributed by atoms with Gasteiger partial charge in [0.1, 0.15) is 5.82 Å². The van der Waals surface area contributed by atoms with Gasteiger partial charge in [-0.3, -0.25) is 4.90 Å². The first-order chi connectivity index (χ1) is 9.58. The summed E-state index contributed by atoms with van der Waals surface area (Å²) in [6.45, 7) is 3.49. The number of hydrogen-bond acceptors (Lipinski definition) is 4. The minimum Gasteiger partial charge on any atom is -0.289 e. The lowest BCUT2D eigenvalue weighted by Gasteiger charge is -2.33. The predicted octanol–water partition coefficient (Wildman–Crippen LogP) is 2.23. The molecule has 7 heteroatoms. The second-order valence-corrected chi connectivity index (χ2v) is 5.90. The van der Waals surface area contributed by atoms with E-state index >= 15 is 0 Å². The zero-order valence-corrected chi connectivity index (χ0v) is 12.9. The van der Waals surface area contributed by atoms with Gasteiger partial charge in [-0.2, -0.15) is 0 Å². The summed E-state index contributed by atoms with van der Waals surface area (Å²) in [5, 5.41) is 11.6. The molecule has 3 rings (SSSR count). The normalized spacial score (nSPS) is 17.0. The van der Waals surface area contributed by atoms with Crippen LogP contribution in [0.25, 0.3) is 0 Å². The van der Waals surface area contributed by atoms with Crippen LogP contribution in [0.1, 0.15) is 29.9 Å². The van der Waals surface area contributed by atoms with Gasteiger partial charge in [0.15, 0.2) is 5.82 Å². The van der Waals surface area contributed by atoms with Crippen LogP contribution < -0.4 is 0 Å². The molecule has 0 aliphatic carbocycles. The molecule has 1 aliphatic rings. The van der Waals surface area contributed by atoms with Crippen LogP contribution >= 0.6 is 15.9 Å². The van der Waals surface area contributed by atoms with Crippen molar-refractivity contribution in [1.29, 1.82) is 0 Å². The van der Waals surface area contributed by atoms with E-state index in [1.165, 1.54) is 6.07 Å². The van der Waals surface area contributed by atoms with Crippen molar-refractivity contribution in [3.8, 4) is 0 Å². The van der Waals surface area contributed by atoms with Gasteiger partial charge < -0.3 is 0 Å². The molecule has 0 spiro atoms. The van der Waals surface area contributed by atoms with Crippen molar-refractivity contribution >= 4 is 15.9 Å². The maximum Gasteiger partial charge on any atom is 0.167 e. The Morgan fingerprint density at radius 2 is 2.15 bits per heavy atom. The summed E-state index contributed by atoms with van der Waals surface area (Å²) in [6.07, 6.45) is 0.823. The molecule has 2 aromatic rings. The number of tetrazole rings is 1. The lowest BCUT2D eigenvalue weighted by atomic mass is 9.98. The molecule has 0 radical (unpaired) electrons. The molecule has 1 unspecified atom stereocenters. The number of halogens is 2. The van der Waals surface area contributed by atoms with Gasteiger partial charge in [-0.1, -0.05) is 15.9 Å². The summed E-state index contributed by atoms with van der Waals surface area (Å²) in [5.74, 6) is 0.653. The number of fused-ring (bicyclic) bond motifs is 1. The SMILES string of the molecule is CC(c1nnnn1C)N1CCc2c(Br)ccc(F)c2C1. The number of nitrogens with zero attached hydrogens (tertiary/aromatic N) is 5. The fourth-order valence-corrected chi connectivity index (χ4v) is 3.27. The fraction of sp³-hybridized carbons (Fsp3) is 0.462. The first kappa shape index (κ1) is 13.6. The largest absolute Gasteiger partial charge is 0.289 e. The number of rotatable bonds is 2. The Bertz CT molecular complexity index is 642. The van der Waals surface area contributed by atoms with Gasteiger partial charge in [0.25, 0.3) is 0 Å². The van der Waals surface area contributed by atoms with Gasteiger partial charge in [0.05, 0.1) is 6.04 Å². The van der Waals surface area contributed by atoms with Crippen molar-refractivity contribution in [3.63, 3.8) is 0 Å². The average molecular weight is 340 g/mol. The highest BCUT2D eigenvalue weighted by molar-refractivity contribution is 9.10. The third kappa shape index (κ3) is 2.25. The van der Waals surface area contributed by atoms with E-state index in [1.807, 2.05) is 14.0 Å². The van der Waals surface area contributed by atoms with E-state index in [9.17, 15) is 4.39 Å². The molecule has 1 aromatic carbocycles. The van der Waals surface area contributed by atoms with Crippen LogP contribution in [0.2, 0.25) is 0 Å². The standard InChI is InChI=1S/C13H15BrFN5/c1-8(13-16-17-18-19(13)2)20-6-5-9-10(7-20)12(15)4-3-11(9)14/h3-4,8H,5-7H2,1-2H3. The van der Waals surface area contributed by atoms with Crippen molar-refractivity contribution in [3.05, 3.63) is 39.4 Å². The summed E-state index contributed by atoms with van der Waals surface area (Å²) >= 11 is 3.50. The summed E-state index contributed by atoms with van der Waals surface area (Å²) < 4.78 is 16.7. The molecule has 0 fully saturated rings. The van der Waals surface area contributed by atoms with Gasteiger partial charge in [0, 0.05) is 30.2 Å². The second-order valence-electron chi connectivity index (χ2n) is 5.04. The van der Waals surface area contributed by atoms with Crippen molar-refractivity contribution in [2.24, 2.45) is 7.05 Å². The lowest BCUT2D eigenvalue weighted by molar-refractivity contribution is 0.178. The van der Waals surface area contributed by atoms with Crippen LogP contribution in [0.3, 0.4) is 0 Å². The smallest absolute Gasteiger partial charge is 0.167 e. The topological polar surface area (TPSA) is 46.8 Å². The van der Waals surface area contributed by atoms with Crippen LogP contribution in [0.4, 0.5) is 4.39 Å². The van der Waals surface area contributed by atoms with Crippen LogP contribution in [-0.2, 0) is 20.0 Å². The number of hydrogen-bond donors (Lipinski definition) is 0. The van der Waals surface area contributed by atoms with Crippen LogP contribution in [0.5, 0.6) is 0 Å². The molecule has 1 aliphatic heterocycles. The van der Waals surface area contributed by atoms with Crippen LogP contribution in [0, 0.1) is 5.82 Å². The second kappa shape index (κ2) is 5.21. The van der Waals surface area contributed by atoms with E-state index in [-0.39, 0.29) is 11.9 Å². The Morgan fingerprint density at radius 3 is 2.85 bits per heavy atom. The minimum absolute atomic E-state index is 0.0570. The van der Waals surface area contributed by atoms with Gasteiger partial charge >= 0.3 is 0 Å². The summed E-state index contributed by atoms with van der Waals surface area (Å²) in [5.41, 5.74) is 1.84. The number of benzene rings is 1. The van der Waals surface area contributed by atoms with Gasteiger partial charge in [-0.05, 0) is 41.5 Å². The van der Waals surface area contributed by atoms with Crippen molar-refractivity contribution in [2.75, 3.05) is 6.54 Å². The highest BCUT2D eigenvalue weighted by Crippen LogP contribution is 2.31. The van der Waals surface area contributed by atoms with E-state index in [2.05, 4.69) is 36.4 Å². The molecular weight excluding hydrogens is 325 g/mol. The summed E-state index contributed by atoms with van der Waals surface area (Å²) in [4.78, 5) is 2.20. The third-order valence-electron chi connectivity index (χ3n) is 3.90. The fourth-order valence-electron chi connectivity index (χ4n) is 2.70. The minimum atomic E-state index is -0.142. The molecule has 106 valence electrons. The monoisotopic (exact) mass is 339 g/mol. The van der Waals surface area contributed by atoms with Crippen LogP contribution in [-0.4, -0.2) is 31.7 Å². The summed E-state index contributed by atoms with van der Waals surface area (Å²) in [6, 6.07) is 3.35. The molecule has 0 saturated carbocycles. The Morgan fingerprint density at radius 1 is 1.35 bits per heavy atom. The van der Waals surface area contributed by atoms with Crippen molar-refractivity contribution in [2.45, 2.75) is 25.9 Å². The Kier molecular flexibility index (Phi) is 3.55. The molecule has 0 amide bonds. The van der Waals surface area contributed by atoms with E-state index in [0.717, 1.165) is 34.4 Å².